The summed E-state index contributed by atoms with van der Waals surface area (Å²) in [6, 6.07) is 14.2. The fourth-order valence-electron chi connectivity index (χ4n) is 2.59. The van der Waals surface area contributed by atoms with E-state index in [1.165, 1.54) is 19.3 Å². The minimum absolute atomic E-state index is 0.118. The third-order valence-electron chi connectivity index (χ3n) is 4.06. The highest BCUT2D eigenvalue weighted by molar-refractivity contribution is 5.86. The van der Waals surface area contributed by atoms with Crippen LogP contribution in [-0.4, -0.2) is 30.8 Å². The van der Waals surface area contributed by atoms with Gasteiger partial charge in [0.05, 0.1) is 13.2 Å². The van der Waals surface area contributed by atoms with Gasteiger partial charge < -0.3 is 15.2 Å². The van der Waals surface area contributed by atoms with Crippen LogP contribution in [0.5, 0.6) is 0 Å². The Hall–Kier alpha value is -2.50. The van der Waals surface area contributed by atoms with Crippen molar-refractivity contribution in [2.75, 3.05) is 13.7 Å². The first-order valence-corrected chi connectivity index (χ1v) is 8.50. The molecule has 0 heterocycles. The molecule has 5 heteroatoms. The number of ether oxygens (including phenoxy) is 1. The van der Waals surface area contributed by atoms with E-state index in [2.05, 4.69) is 10.1 Å². The Bertz CT molecular complexity index is 743. The highest BCUT2D eigenvalue weighted by atomic mass is 19.1. The van der Waals surface area contributed by atoms with Gasteiger partial charge in [-0.1, -0.05) is 42.5 Å². The molecule has 0 spiro atoms. The van der Waals surface area contributed by atoms with Crippen LogP contribution in [0.1, 0.15) is 29.7 Å². The van der Waals surface area contributed by atoms with Gasteiger partial charge in [0.25, 0.3) is 0 Å². The number of nitrogens with one attached hydrogen (secondary N) is 1. The predicted molar refractivity (Wildman–Crippen MR) is 100 cm³/mol. The van der Waals surface area contributed by atoms with Crippen LogP contribution < -0.4 is 5.32 Å². The van der Waals surface area contributed by atoms with E-state index in [4.69, 9.17) is 0 Å². The second-order valence-electron chi connectivity index (χ2n) is 6.15. The third-order valence-corrected chi connectivity index (χ3v) is 4.06. The second kappa shape index (κ2) is 9.85. The summed E-state index contributed by atoms with van der Waals surface area (Å²) in [6.07, 6.45) is 2.96. The lowest BCUT2D eigenvalue weighted by Crippen LogP contribution is -2.32. The fraction of sp³-hybridized carbons (Fsp3) is 0.286. The molecule has 2 aromatic carbocycles. The Morgan fingerprint density at radius 2 is 1.92 bits per heavy atom. The summed E-state index contributed by atoms with van der Waals surface area (Å²) in [4.78, 5) is 11.1. The predicted octanol–water partition coefficient (Wildman–Crippen LogP) is 3.27. The Kier molecular flexibility index (Phi) is 7.51. The molecular formula is C21H24FNO3. The number of benzene rings is 2. The van der Waals surface area contributed by atoms with Crippen molar-refractivity contribution in [2.45, 2.75) is 25.5 Å². The number of hydrogen-bond acceptors (Lipinski definition) is 4. The van der Waals surface area contributed by atoms with Crippen LogP contribution in [0, 0.1) is 5.82 Å². The number of esters is 1. The molecule has 2 atom stereocenters. The molecular weight excluding hydrogens is 333 g/mol. The van der Waals surface area contributed by atoms with Crippen LogP contribution in [-0.2, 0) is 16.0 Å². The fourth-order valence-corrected chi connectivity index (χ4v) is 2.59. The third kappa shape index (κ3) is 6.10. The summed E-state index contributed by atoms with van der Waals surface area (Å²) in [7, 11) is 1.34. The van der Waals surface area contributed by atoms with E-state index in [0.717, 1.165) is 17.5 Å². The smallest absolute Gasteiger partial charge is 0.330 e. The first-order chi connectivity index (χ1) is 12.5. The number of carbonyl (C=O) groups excluding carboxylic acids is 1. The number of hydrogen-bond donors (Lipinski definition) is 2. The topological polar surface area (TPSA) is 58.6 Å². The SMILES string of the molecule is COC(=O)C=Cc1ccc(CC(C)NCC(O)c2ccccc2F)cc1. The monoisotopic (exact) mass is 357 g/mol. The minimum atomic E-state index is -0.885. The van der Waals surface area contributed by atoms with E-state index in [0.29, 0.717) is 5.56 Å². The Labute approximate surface area is 153 Å². The number of halogens is 1. The van der Waals surface area contributed by atoms with Crippen LogP contribution in [0.25, 0.3) is 6.08 Å². The van der Waals surface area contributed by atoms with Crippen LogP contribution in [0.4, 0.5) is 4.39 Å². The van der Waals surface area contributed by atoms with Crippen LogP contribution in [0.15, 0.2) is 54.6 Å². The van der Waals surface area contributed by atoms with Gasteiger partial charge in [-0.15, -0.1) is 0 Å². The normalized spacial score (nSPS) is 13.5. The van der Waals surface area contributed by atoms with Crippen LogP contribution >= 0.6 is 0 Å². The molecule has 0 fully saturated rings. The Balaban J connectivity index is 1.84. The van der Waals surface area contributed by atoms with Crippen molar-refractivity contribution in [1.82, 2.24) is 5.32 Å². The summed E-state index contributed by atoms with van der Waals surface area (Å²) in [5.74, 6) is -0.787. The molecule has 2 rings (SSSR count). The zero-order chi connectivity index (χ0) is 18.9. The average Bonchev–Trinajstić information content (AvgIpc) is 2.65. The zero-order valence-corrected chi connectivity index (χ0v) is 15.0. The molecule has 0 saturated heterocycles. The summed E-state index contributed by atoms with van der Waals surface area (Å²) < 4.78 is 18.2. The van der Waals surface area contributed by atoms with E-state index in [-0.39, 0.29) is 18.6 Å². The number of rotatable bonds is 8. The van der Waals surface area contributed by atoms with Crippen LogP contribution in [0.3, 0.4) is 0 Å². The number of carbonyl (C=O) groups is 1. The van der Waals surface area contributed by atoms with Gasteiger partial charge in [0.2, 0.25) is 0 Å². The van der Waals surface area contributed by atoms with Crippen molar-refractivity contribution in [3.05, 3.63) is 77.1 Å². The maximum atomic E-state index is 13.7. The zero-order valence-electron chi connectivity index (χ0n) is 15.0. The molecule has 138 valence electrons. The van der Waals surface area contributed by atoms with Gasteiger partial charge in [0, 0.05) is 24.2 Å². The lowest BCUT2D eigenvalue weighted by Gasteiger charge is -2.18. The molecule has 4 nitrogen and oxygen atoms in total. The van der Waals surface area contributed by atoms with Crippen molar-refractivity contribution in [2.24, 2.45) is 0 Å². The molecule has 2 N–H and O–H groups in total. The molecule has 0 aliphatic carbocycles. The quantitative estimate of drug-likeness (QED) is 0.562. The van der Waals surface area contributed by atoms with Gasteiger partial charge in [-0.3, -0.25) is 0 Å². The van der Waals surface area contributed by atoms with E-state index in [1.54, 1.807) is 24.3 Å². The summed E-state index contributed by atoms with van der Waals surface area (Å²) >= 11 is 0. The van der Waals surface area contributed by atoms with Crippen molar-refractivity contribution >= 4 is 12.0 Å². The summed E-state index contributed by atoms with van der Waals surface area (Å²) in [5.41, 5.74) is 2.34. The van der Waals surface area contributed by atoms with E-state index < -0.39 is 11.9 Å². The largest absolute Gasteiger partial charge is 0.466 e. The van der Waals surface area contributed by atoms with Crippen molar-refractivity contribution in [3.63, 3.8) is 0 Å². The molecule has 0 aromatic heterocycles. The Morgan fingerprint density at radius 3 is 2.58 bits per heavy atom. The van der Waals surface area contributed by atoms with Gasteiger partial charge in [-0.2, -0.15) is 0 Å². The molecule has 2 unspecified atom stereocenters. The molecule has 2 aromatic rings. The van der Waals surface area contributed by atoms with Crippen LogP contribution in [0.2, 0.25) is 0 Å². The van der Waals surface area contributed by atoms with E-state index in [9.17, 15) is 14.3 Å². The lowest BCUT2D eigenvalue weighted by atomic mass is 10.0. The number of methoxy groups -OCH3 is 1. The summed E-state index contributed by atoms with van der Waals surface area (Å²) in [6.45, 7) is 2.29. The van der Waals surface area contributed by atoms with Gasteiger partial charge in [-0.05, 0) is 36.6 Å². The highest BCUT2D eigenvalue weighted by Crippen LogP contribution is 2.16. The average molecular weight is 357 g/mol. The molecule has 0 radical (unpaired) electrons. The molecule has 0 aliphatic rings. The second-order valence-corrected chi connectivity index (χ2v) is 6.15. The Morgan fingerprint density at radius 1 is 1.23 bits per heavy atom. The number of aliphatic hydroxyl groups excluding tert-OH is 1. The first kappa shape index (κ1) is 19.8. The molecule has 0 amide bonds. The molecule has 0 bridgehead atoms. The van der Waals surface area contributed by atoms with Crippen molar-refractivity contribution < 1.29 is 19.0 Å². The standard InChI is InChI=1S/C21H24FNO3/c1-15(23-14-20(24)18-5-3-4-6-19(18)22)13-17-9-7-16(8-10-17)11-12-21(25)26-2/h3-12,15,20,23-24H,13-14H2,1-2H3. The first-order valence-electron chi connectivity index (χ1n) is 8.50. The maximum Gasteiger partial charge on any atom is 0.330 e. The van der Waals surface area contributed by atoms with Gasteiger partial charge in [0.15, 0.2) is 0 Å². The maximum absolute atomic E-state index is 13.7. The highest BCUT2D eigenvalue weighted by Gasteiger charge is 2.13. The lowest BCUT2D eigenvalue weighted by molar-refractivity contribution is -0.134. The summed E-state index contributed by atoms with van der Waals surface area (Å²) in [5, 5.41) is 13.4. The van der Waals surface area contributed by atoms with E-state index >= 15 is 0 Å². The van der Waals surface area contributed by atoms with Crippen molar-refractivity contribution in [3.8, 4) is 0 Å². The molecule has 0 aliphatic heterocycles. The van der Waals surface area contributed by atoms with Gasteiger partial charge in [-0.25, -0.2) is 9.18 Å². The van der Waals surface area contributed by atoms with E-state index in [1.807, 2.05) is 31.2 Å². The molecule has 0 saturated carbocycles. The van der Waals surface area contributed by atoms with Gasteiger partial charge >= 0.3 is 5.97 Å². The van der Waals surface area contributed by atoms with Gasteiger partial charge in [0.1, 0.15) is 5.82 Å². The number of aliphatic hydroxyl groups is 1. The minimum Gasteiger partial charge on any atom is -0.466 e. The van der Waals surface area contributed by atoms with Crippen molar-refractivity contribution in [1.29, 1.82) is 0 Å². The molecule has 26 heavy (non-hydrogen) atoms.